The number of hydrogen-bond donors (Lipinski definition) is 1. The Labute approximate surface area is 152 Å². The summed E-state index contributed by atoms with van der Waals surface area (Å²) in [6.07, 6.45) is 5.88. The van der Waals surface area contributed by atoms with Crippen molar-refractivity contribution in [3.8, 4) is 11.3 Å². The summed E-state index contributed by atoms with van der Waals surface area (Å²) in [5.41, 5.74) is 4.69. The molecule has 0 radical (unpaired) electrons. The topological polar surface area (TPSA) is 42.0 Å². The lowest BCUT2D eigenvalue weighted by molar-refractivity contribution is 0.0929. The number of carbonyl (C=O) groups is 1. The van der Waals surface area contributed by atoms with Crippen LogP contribution in [0.15, 0.2) is 41.1 Å². The number of rotatable bonds is 3. The van der Waals surface area contributed by atoms with Gasteiger partial charge in [0.15, 0.2) is 0 Å². The Morgan fingerprint density at radius 3 is 2.76 bits per heavy atom. The van der Waals surface area contributed by atoms with Gasteiger partial charge in [-0.2, -0.15) is 11.3 Å². The van der Waals surface area contributed by atoms with Crippen LogP contribution in [-0.4, -0.2) is 16.9 Å². The highest BCUT2D eigenvalue weighted by atomic mass is 32.1. The van der Waals surface area contributed by atoms with E-state index in [0.717, 1.165) is 46.1 Å². The summed E-state index contributed by atoms with van der Waals surface area (Å²) in [6, 6.07) is 10.4. The van der Waals surface area contributed by atoms with Gasteiger partial charge in [0.05, 0.1) is 16.8 Å². The first-order valence-corrected chi connectivity index (χ1v) is 9.90. The Morgan fingerprint density at radius 2 is 2.00 bits per heavy atom. The van der Waals surface area contributed by atoms with Crippen LogP contribution in [0.5, 0.6) is 0 Å². The molecule has 1 aliphatic rings. The van der Waals surface area contributed by atoms with E-state index >= 15 is 0 Å². The molecule has 2 heterocycles. The number of fused-ring (bicyclic) bond motifs is 1. The molecule has 4 rings (SSSR count). The van der Waals surface area contributed by atoms with Gasteiger partial charge in [0, 0.05) is 22.4 Å². The van der Waals surface area contributed by atoms with Crippen molar-refractivity contribution in [3.63, 3.8) is 0 Å². The lowest BCUT2D eigenvalue weighted by Gasteiger charge is -2.23. The van der Waals surface area contributed by atoms with E-state index in [2.05, 4.69) is 35.8 Å². The number of thiophene rings is 1. The fourth-order valence-electron chi connectivity index (χ4n) is 3.60. The minimum atomic E-state index is 0.0291. The largest absolute Gasteiger partial charge is 0.349 e. The van der Waals surface area contributed by atoms with E-state index in [1.54, 1.807) is 11.3 Å². The molecule has 0 unspecified atom stereocenters. The Bertz CT molecular complexity index is 896. The third-order valence-corrected chi connectivity index (χ3v) is 5.65. The molecule has 1 amide bonds. The fourth-order valence-corrected chi connectivity index (χ4v) is 4.25. The first kappa shape index (κ1) is 16.3. The minimum absolute atomic E-state index is 0.0291. The van der Waals surface area contributed by atoms with Crippen molar-refractivity contribution < 1.29 is 4.79 Å². The van der Waals surface area contributed by atoms with Gasteiger partial charge in [-0.05, 0) is 49.4 Å². The third-order valence-electron chi connectivity index (χ3n) is 4.97. The van der Waals surface area contributed by atoms with Gasteiger partial charge in [-0.25, -0.2) is 4.98 Å². The molecule has 0 saturated heterocycles. The van der Waals surface area contributed by atoms with Crippen molar-refractivity contribution in [2.45, 2.75) is 45.1 Å². The number of aromatic nitrogens is 1. The summed E-state index contributed by atoms with van der Waals surface area (Å²) in [4.78, 5) is 17.8. The van der Waals surface area contributed by atoms with Gasteiger partial charge >= 0.3 is 0 Å². The molecular weight excluding hydrogens is 328 g/mol. The van der Waals surface area contributed by atoms with Crippen LogP contribution in [0.1, 0.15) is 48.0 Å². The van der Waals surface area contributed by atoms with Crippen LogP contribution in [0.3, 0.4) is 0 Å². The van der Waals surface area contributed by atoms with Gasteiger partial charge in [0.25, 0.3) is 5.91 Å². The normalized spacial score (nSPS) is 15.4. The minimum Gasteiger partial charge on any atom is -0.349 e. The van der Waals surface area contributed by atoms with Crippen LogP contribution in [0.4, 0.5) is 0 Å². The van der Waals surface area contributed by atoms with Crippen molar-refractivity contribution in [2.24, 2.45) is 0 Å². The first-order valence-electron chi connectivity index (χ1n) is 8.95. The summed E-state index contributed by atoms with van der Waals surface area (Å²) in [5.74, 6) is 0.0291. The highest BCUT2D eigenvalue weighted by Crippen LogP contribution is 2.27. The Hall–Kier alpha value is -2.20. The highest BCUT2D eigenvalue weighted by Gasteiger charge is 2.19. The number of carbonyl (C=O) groups excluding carboxylic acids is 1. The second-order valence-corrected chi connectivity index (χ2v) is 7.68. The van der Waals surface area contributed by atoms with Gasteiger partial charge in [-0.15, -0.1) is 0 Å². The average molecular weight is 350 g/mol. The molecule has 2 aromatic heterocycles. The molecule has 0 spiro atoms. The fraction of sp³-hybridized carbons (Fsp3) is 0.333. The summed E-state index contributed by atoms with van der Waals surface area (Å²) in [7, 11) is 0. The van der Waals surface area contributed by atoms with Crippen LogP contribution in [0.25, 0.3) is 22.2 Å². The molecule has 1 N–H and O–H groups in total. The van der Waals surface area contributed by atoms with Gasteiger partial charge in [-0.3, -0.25) is 4.79 Å². The number of amides is 1. The molecule has 1 aliphatic carbocycles. The second kappa shape index (κ2) is 6.96. The molecular formula is C21H22N2OS. The zero-order valence-corrected chi connectivity index (χ0v) is 15.2. The number of aryl methyl sites for hydroxylation is 1. The molecule has 0 bridgehead atoms. The summed E-state index contributed by atoms with van der Waals surface area (Å²) >= 11 is 1.64. The summed E-state index contributed by atoms with van der Waals surface area (Å²) in [6.45, 7) is 2.05. The lowest BCUT2D eigenvalue weighted by atomic mass is 9.95. The molecule has 25 heavy (non-hydrogen) atoms. The van der Waals surface area contributed by atoms with Crippen molar-refractivity contribution in [1.29, 1.82) is 0 Å². The van der Waals surface area contributed by atoms with Gasteiger partial charge < -0.3 is 5.32 Å². The maximum absolute atomic E-state index is 13.0. The Kier molecular flexibility index (Phi) is 4.53. The van der Waals surface area contributed by atoms with E-state index < -0.39 is 0 Å². The standard InChI is InChI=1S/C21H22N2OS/c1-14-7-8-19-17(11-14)18(12-20(23-19)15-9-10-25-13-15)21(24)22-16-5-3-2-4-6-16/h7-13,16H,2-6H2,1H3,(H,22,24). The highest BCUT2D eigenvalue weighted by molar-refractivity contribution is 7.08. The summed E-state index contributed by atoms with van der Waals surface area (Å²) < 4.78 is 0. The Balaban J connectivity index is 1.76. The zero-order chi connectivity index (χ0) is 17.2. The van der Waals surface area contributed by atoms with E-state index in [9.17, 15) is 4.79 Å². The van der Waals surface area contributed by atoms with Gasteiger partial charge in [0.2, 0.25) is 0 Å². The van der Waals surface area contributed by atoms with E-state index in [1.165, 1.54) is 19.3 Å². The monoisotopic (exact) mass is 350 g/mol. The van der Waals surface area contributed by atoms with E-state index in [4.69, 9.17) is 4.98 Å². The zero-order valence-electron chi connectivity index (χ0n) is 14.4. The maximum Gasteiger partial charge on any atom is 0.252 e. The SMILES string of the molecule is Cc1ccc2nc(-c3ccsc3)cc(C(=O)NC3CCCCC3)c2c1. The van der Waals surface area contributed by atoms with Crippen molar-refractivity contribution in [3.05, 3.63) is 52.2 Å². The predicted molar refractivity (Wildman–Crippen MR) is 104 cm³/mol. The number of benzene rings is 1. The number of hydrogen-bond acceptors (Lipinski definition) is 3. The van der Waals surface area contributed by atoms with Crippen LogP contribution in [-0.2, 0) is 0 Å². The molecule has 1 aromatic carbocycles. The smallest absolute Gasteiger partial charge is 0.252 e. The van der Waals surface area contributed by atoms with Crippen LogP contribution in [0.2, 0.25) is 0 Å². The second-order valence-electron chi connectivity index (χ2n) is 6.90. The quantitative estimate of drug-likeness (QED) is 0.693. The number of nitrogens with one attached hydrogen (secondary N) is 1. The van der Waals surface area contributed by atoms with E-state index in [-0.39, 0.29) is 5.91 Å². The third kappa shape index (κ3) is 3.45. The molecule has 1 fully saturated rings. The van der Waals surface area contributed by atoms with E-state index in [1.807, 2.05) is 17.5 Å². The molecule has 1 saturated carbocycles. The van der Waals surface area contributed by atoms with Crippen LogP contribution in [0, 0.1) is 6.92 Å². The first-order chi connectivity index (χ1) is 12.2. The lowest BCUT2D eigenvalue weighted by Crippen LogP contribution is -2.36. The van der Waals surface area contributed by atoms with Gasteiger partial charge in [0.1, 0.15) is 0 Å². The molecule has 0 aliphatic heterocycles. The van der Waals surface area contributed by atoms with Gasteiger partial charge in [-0.1, -0.05) is 30.9 Å². The van der Waals surface area contributed by atoms with Crippen molar-refractivity contribution in [1.82, 2.24) is 10.3 Å². The number of nitrogens with zero attached hydrogens (tertiary/aromatic N) is 1. The molecule has 128 valence electrons. The van der Waals surface area contributed by atoms with E-state index in [0.29, 0.717) is 6.04 Å². The van der Waals surface area contributed by atoms with Crippen LogP contribution >= 0.6 is 11.3 Å². The number of pyridine rings is 1. The van der Waals surface area contributed by atoms with Crippen molar-refractivity contribution >= 4 is 28.1 Å². The predicted octanol–water partition coefficient (Wildman–Crippen LogP) is 5.33. The molecule has 3 nitrogen and oxygen atoms in total. The van der Waals surface area contributed by atoms with Crippen molar-refractivity contribution in [2.75, 3.05) is 0 Å². The molecule has 0 atom stereocenters. The maximum atomic E-state index is 13.0. The van der Waals surface area contributed by atoms with Crippen LogP contribution < -0.4 is 5.32 Å². The molecule has 4 heteroatoms. The molecule has 3 aromatic rings. The average Bonchev–Trinajstić information content (AvgIpc) is 3.16. The Morgan fingerprint density at radius 1 is 1.16 bits per heavy atom. The summed E-state index contributed by atoms with van der Waals surface area (Å²) in [5, 5.41) is 8.31.